The van der Waals surface area contributed by atoms with E-state index >= 15 is 0 Å². The molecule has 0 aromatic rings. The van der Waals surface area contributed by atoms with E-state index in [-0.39, 0.29) is 11.7 Å². The fourth-order valence-corrected chi connectivity index (χ4v) is 3.72. The maximum absolute atomic E-state index is 12.7. The molecule has 1 aliphatic carbocycles. The predicted molar refractivity (Wildman–Crippen MR) is 69.6 cm³/mol. The zero-order valence-electron chi connectivity index (χ0n) is 11.6. The van der Waals surface area contributed by atoms with Gasteiger partial charge in [0.25, 0.3) is 0 Å². The Morgan fingerprint density at radius 3 is 2.47 bits per heavy atom. The molecule has 2 rings (SSSR count). The van der Waals surface area contributed by atoms with E-state index < -0.39 is 0 Å². The van der Waals surface area contributed by atoms with Crippen LogP contribution in [0.25, 0.3) is 0 Å². The molecule has 0 radical (unpaired) electrons. The first kappa shape index (κ1) is 12.9. The fraction of sp³-hybridized carbons (Fsp3) is 0.929. The van der Waals surface area contributed by atoms with E-state index in [1.165, 1.54) is 12.8 Å². The SMILES string of the molecule is CCC(C(C)C)N1C(=O)C2(CCCC2)NC1C. The normalized spacial score (nSPS) is 29.6. The minimum atomic E-state index is -0.207. The van der Waals surface area contributed by atoms with E-state index in [1.54, 1.807) is 0 Å². The van der Waals surface area contributed by atoms with Gasteiger partial charge in [0.05, 0.1) is 11.7 Å². The van der Waals surface area contributed by atoms with Crippen LogP contribution in [0.5, 0.6) is 0 Å². The van der Waals surface area contributed by atoms with Crippen molar-refractivity contribution in [3.63, 3.8) is 0 Å². The summed E-state index contributed by atoms with van der Waals surface area (Å²) in [5.41, 5.74) is -0.207. The van der Waals surface area contributed by atoms with Crippen molar-refractivity contribution in [2.75, 3.05) is 0 Å². The van der Waals surface area contributed by atoms with Crippen molar-refractivity contribution in [3.8, 4) is 0 Å². The van der Waals surface area contributed by atoms with E-state index in [4.69, 9.17) is 0 Å². The van der Waals surface area contributed by atoms with Gasteiger partial charge >= 0.3 is 0 Å². The van der Waals surface area contributed by atoms with Gasteiger partial charge in [-0.15, -0.1) is 0 Å². The number of carbonyl (C=O) groups excluding carboxylic acids is 1. The molecular weight excluding hydrogens is 212 g/mol. The summed E-state index contributed by atoms with van der Waals surface area (Å²) in [6, 6.07) is 0.380. The molecule has 0 aromatic carbocycles. The van der Waals surface area contributed by atoms with Crippen molar-refractivity contribution in [2.45, 2.75) is 77.5 Å². The number of nitrogens with one attached hydrogen (secondary N) is 1. The largest absolute Gasteiger partial charge is 0.323 e. The van der Waals surface area contributed by atoms with Crippen LogP contribution in [0.3, 0.4) is 0 Å². The molecule has 3 nitrogen and oxygen atoms in total. The number of hydrogen-bond donors (Lipinski definition) is 1. The maximum Gasteiger partial charge on any atom is 0.244 e. The highest BCUT2D eigenvalue weighted by molar-refractivity contribution is 5.89. The summed E-state index contributed by atoms with van der Waals surface area (Å²) in [6.45, 7) is 8.75. The first-order valence-electron chi connectivity index (χ1n) is 7.12. The van der Waals surface area contributed by atoms with E-state index in [0.29, 0.717) is 17.9 Å². The molecule has 1 heterocycles. The Morgan fingerprint density at radius 2 is 2.00 bits per heavy atom. The number of carbonyl (C=O) groups is 1. The molecule has 2 unspecified atom stereocenters. The Bertz CT molecular complexity index is 295. The second kappa shape index (κ2) is 4.60. The zero-order chi connectivity index (χ0) is 12.6. The summed E-state index contributed by atoms with van der Waals surface area (Å²) in [7, 11) is 0. The third-order valence-corrected chi connectivity index (χ3v) is 4.55. The van der Waals surface area contributed by atoms with Crippen molar-refractivity contribution >= 4 is 5.91 Å². The van der Waals surface area contributed by atoms with Crippen molar-refractivity contribution in [3.05, 3.63) is 0 Å². The monoisotopic (exact) mass is 238 g/mol. The van der Waals surface area contributed by atoms with Crippen LogP contribution in [0.15, 0.2) is 0 Å². The van der Waals surface area contributed by atoms with Crippen LogP contribution in [0, 0.1) is 5.92 Å². The minimum Gasteiger partial charge on any atom is -0.323 e. The summed E-state index contributed by atoms with van der Waals surface area (Å²) in [4.78, 5) is 14.8. The van der Waals surface area contributed by atoms with Gasteiger partial charge in [0, 0.05) is 6.04 Å². The Balaban J connectivity index is 2.21. The highest BCUT2D eigenvalue weighted by Crippen LogP contribution is 2.38. The Labute approximate surface area is 105 Å². The van der Waals surface area contributed by atoms with Crippen LogP contribution in [0.2, 0.25) is 0 Å². The lowest BCUT2D eigenvalue weighted by atomic mass is 9.95. The molecule has 1 saturated heterocycles. The van der Waals surface area contributed by atoms with Crippen molar-refractivity contribution in [2.24, 2.45) is 5.92 Å². The average molecular weight is 238 g/mol. The molecule has 98 valence electrons. The van der Waals surface area contributed by atoms with Gasteiger partial charge in [-0.05, 0) is 32.1 Å². The fourth-order valence-electron chi connectivity index (χ4n) is 3.72. The van der Waals surface area contributed by atoms with Gasteiger partial charge in [-0.3, -0.25) is 10.1 Å². The molecular formula is C14H26N2O. The van der Waals surface area contributed by atoms with Crippen LogP contribution in [0.4, 0.5) is 0 Å². The highest BCUT2D eigenvalue weighted by atomic mass is 16.2. The van der Waals surface area contributed by atoms with Crippen molar-refractivity contribution < 1.29 is 4.79 Å². The number of hydrogen-bond acceptors (Lipinski definition) is 2. The summed E-state index contributed by atoms with van der Waals surface area (Å²) >= 11 is 0. The summed E-state index contributed by atoms with van der Waals surface area (Å²) in [6.07, 6.45) is 5.69. The average Bonchev–Trinajstić information content (AvgIpc) is 2.81. The van der Waals surface area contributed by atoms with Crippen LogP contribution >= 0.6 is 0 Å². The summed E-state index contributed by atoms with van der Waals surface area (Å²) < 4.78 is 0. The third-order valence-electron chi connectivity index (χ3n) is 4.55. The smallest absolute Gasteiger partial charge is 0.244 e. The highest BCUT2D eigenvalue weighted by Gasteiger charge is 2.52. The predicted octanol–water partition coefficient (Wildman–Crippen LogP) is 2.51. The lowest BCUT2D eigenvalue weighted by molar-refractivity contribution is -0.136. The van der Waals surface area contributed by atoms with E-state index in [2.05, 4.69) is 37.9 Å². The molecule has 2 aliphatic rings. The van der Waals surface area contributed by atoms with Crippen LogP contribution in [-0.4, -0.2) is 28.6 Å². The summed E-state index contributed by atoms with van der Waals surface area (Å²) in [5.74, 6) is 0.896. The molecule has 0 aromatic heterocycles. The molecule has 0 bridgehead atoms. The molecule has 1 saturated carbocycles. The first-order valence-corrected chi connectivity index (χ1v) is 7.12. The molecule has 2 fully saturated rings. The van der Waals surface area contributed by atoms with Gasteiger partial charge in [0.1, 0.15) is 0 Å². The quantitative estimate of drug-likeness (QED) is 0.819. The van der Waals surface area contributed by atoms with Gasteiger partial charge in [-0.25, -0.2) is 0 Å². The maximum atomic E-state index is 12.7. The third kappa shape index (κ3) is 1.99. The molecule has 1 N–H and O–H groups in total. The molecule has 1 amide bonds. The lowest BCUT2D eigenvalue weighted by Gasteiger charge is -2.33. The molecule has 3 heteroatoms. The van der Waals surface area contributed by atoms with Crippen LogP contribution < -0.4 is 5.32 Å². The first-order chi connectivity index (χ1) is 8.02. The molecule has 1 aliphatic heterocycles. The minimum absolute atomic E-state index is 0.202. The standard InChI is InChI=1S/C14H26N2O/c1-5-12(10(2)3)16-11(4)15-14(13(16)17)8-6-7-9-14/h10-12,15H,5-9H2,1-4H3. The van der Waals surface area contributed by atoms with E-state index in [9.17, 15) is 4.79 Å². The molecule has 17 heavy (non-hydrogen) atoms. The van der Waals surface area contributed by atoms with E-state index in [0.717, 1.165) is 19.3 Å². The second-order valence-electron chi connectivity index (χ2n) is 6.04. The lowest BCUT2D eigenvalue weighted by Crippen LogP contribution is -2.47. The number of rotatable bonds is 3. The van der Waals surface area contributed by atoms with Crippen LogP contribution in [-0.2, 0) is 4.79 Å². The topological polar surface area (TPSA) is 32.3 Å². The zero-order valence-corrected chi connectivity index (χ0v) is 11.6. The van der Waals surface area contributed by atoms with Gasteiger partial charge in [-0.1, -0.05) is 33.6 Å². The van der Waals surface area contributed by atoms with Crippen molar-refractivity contribution in [1.82, 2.24) is 10.2 Å². The molecule has 2 atom stereocenters. The Morgan fingerprint density at radius 1 is 1.41 bits per heavy atom. The van der Waals surface area contributed by atoms with E-state index in [1.807, 2.05) is 0 Å². The second-order valence-corrected chi connectivity index (χ2v) is 6.04. The van der Waals surface area contributed by atoms with Gasteiger partial charge in [0.15, 0.2) is 0 Å². The van der Waals surface area contributed by atoms with Gasteiger partial charge in [-0.2, -0.15) is 0 Å². The van der Waals surface area contributed by atoms with Crippen LogP contribution in [0.1, 0.15) is 59.8 Å². The van der Waals surface area contributed by atoms with Gasteiger partial charge < -0.3 is 4.90 Å². The van der Waals surface area contributed by atoms with Crippen molar-refractivity contribution in [1.29, 1.82) is 0 Å². The Kier molecular flexibility index (Phi) is 3.48. The number of amides is 1. The number of nitrogens with zero attached hydrogens (tertiary/aromatic N) is 1. The molecule has 1 spiro atoms. The Hall–Kier alpha value is -0.570. The van der Waals surface area contributed by atoms with Gasteiger partial charge in [0.2, 0.25) is 5.91 Å². The summed E-state index contributed by atoms with van der Waals surface area (Å²) in [5, 5.41) is 3.58.